The molecule has 17 heavy (non-hydrogen) atoms. The van der Waals surface area contributed by atoms with Crippen LogP contribution in [0.4, 0.5) is 5.69 Å². The highest BCUT2D eigenvalue weighted by molar-refractivity contribution is 5.92. The van der Waals surface area contributed by atoms with E-state index in [1.165, 1.54) is 0 Å². The second-order valence-electron chi connectivity index (χ2n) is 4.05. The zero-order valence-corrected chi connectivity index (χ0v) is 10.3. The van der Waals surface area contributed by atoms with E-state index in [1.807, 2.05) is 38.1 Å². The minimum Gasteiger partial charge on any atom is -0.325 e. The standard InChI is InChI=1S/C14H18N2O/c1-4-7-12(3)15-10-14(17)16-13-9-6-5-8-11(13)2/h1,5-6,8-9,12,15H,7,10H2,2-3H3,(H,16,17). The lowest BCUT2D eigenvalue weighted by Gasteiger charge is -2.12. The number of nitrogens with one attached hydrogen (secondary N) is 2. The van der Waals surface area contributed by atoms with Gasteiger partial charge in [0.1, 0.15) is 0 Å². The average molecular weight is 230 g/mol. The second kappa shape index (κ2) is 6.72. The normalized spacial score (nSPS) is 11.6. The van der Waals surface area contributed by atoms with Gasteiger partial charge >= 0.3 is 0 Å². The molecule has 0 aliphatic heterocycles. The van der Waals surface area contributed by atoms with E-state index in [0.717, 1.165) is 11.3 Å². The molecule has 0 aliphatic rings. The third kappa shape index (κ3) is 4.71. The van der Waals surface area contributed by atoms with Crippen molar-refractivity contribution in [1.82, 2.24) is 5.32 Å². The van der Waals surface area contributed by atoms with E-state index in [0.29, 0.717) is 6.42 Å². The van der Waals surface area contributed by atoms with Gasteiger partial charge in [-0.25, -0.2) is 0 Å². The number of benzene rings is 1. The number of carbonyl (C=O) groups excluding carboxylic acids is 1. The molecule has 1 aromatic rings. The Morgan fingerprint density at radius 2 is 2.18 bits per heavy atom. The summed E-state index contributed by atoms with van der Waals surface area (Å²) < 4.78 is 0. The maximum absolute atomic E-state index is 11.6. The predicted octanol–water partition coefficient (Wildman–Crippen LogP) is 1.93. The summed E-state index contributed by atoms with van der Waals surface area (Å²) in [6, 6.07) is 7.85. The van der Waals surface area contributed by atoms with Crippen molar-refractivity contribution in [2.24, 2.45) is 0 Å². The Hall–Kier alpha value is -1.79. The molecule has 1 aromatic carbocycles. The summed E-state index contributed by atoms with van der Waals surface area (Å²) in [7, 11) is 0. The number of amides is 1. The van der Waals surface area contributed by atoms with Crippen LogP contribution in [0.1, 0.15) is 18.9 Å². The van der Waals surface area contributed by atoms with Crippen molar-refractivity contribution in [3.8, 4) is 12.3 Å². The van der Waals surface area contributed by atoms with Crippen LogP contribution in [0.3, 0.4) is 0 Å². The Morgan fingerprint density at radius 1 is 1.47 bits per heavy atom. The van der Waals surface area contributed by atoms with Gasteiger partial charge in [0.25, 0.3) is 0 Å². The van der Waals surface area contributed by atoms with Gasteiger partial charge in [-0.2, -0.15) is 0 Å². The fraction of sp³-hybridized carbons (Fsp3) is 0.357. The van der Waals surface area contributed by atoms with Gasteiger partial charge in [0.05, 0.1) is 6.54 Å². The molecule has 0 spiro atoms. The van der Waals surface area contributed by atoms with Crippen molar-refractivity contribution in [3.05, 3.63) is 29.8 Å². The molecule has 2 N–H and O–H groups in total. The van der Waals surface area contributed by atoms with Crippen molar-refractivity contribution >= 4 is 11.6 Å². The first kappa shape index (κ1) is 13.3. The molecular weight excluding hydrogens is 212 g/mol. The second-order valence-corrected chi connectivity index (χ2v) is 4.05. The fourth-order valence-electron chi connectivity index (χ4n) is 1.42. The van der Waals surface area contributed by atoms with Crippen LogP contribution in [0.15, 0.2) is 24.3 Å². The summed E-state index contributed by atoms with van der Waals surface area (Å²) in [4.78, 5) is 11.6. The van der Waals surface area contributed by atoms with E-state index in [2.05, 4.69) is 16.6 Å². The third-order valence-electron chi connectivity index (χ3n) is 2.45. The van der Waals surface area contributed by atoms with E-state index in [4.69, 9.17) is 6.42 Å². The van der Waals surface area contributed by atoms with Crippen LogP contribution in [-0.2, 0) is 4.79 Å². The van der Waals surface area contributed by atoms with Gasteiger partial charge in [-0.3, -0.25) is 4.79 Å². The molecule has 3 heteroatoms. The van der Waals surface area contributed by atoms with E-state index in [1.54, 1.807) is 0 Å². The van der Waals surface area contributed by atoms with Crippen LogP contribution in [0.2, 0.25) is 0 Å². The Bertz CT molecular complexity index is 420. The summed E-state index contributed by atoms with van der Waals surface area (Å²) in [5.41, 5.74) is 1.90. The number of carbonyl (C=O) groups is 1. The molecule has 0 heterocycles. The molecule has 0 fully saturated rings. The lowest BCUT2D eigenvalue weighted by molar-refractivity contribution is -0.115. The first-order chi connectivity index (χ1) is 8.13. The summed E-state index contributed by atoms with van der Waals surface area (Å²) in [5.74, 6) is 2.50. The monoisotopic (exact) mass is 230 g/mol. The maximum atomic E-state index is 11.6. The Kier molecular flexibility index (Phi) is 5.25. The number of para-hydroxylation sites is 1. The van der Waals surface area contributed by atoms with Gasteiger partial charge in [0.2, 0.25) is 5.91 Å². The van der Waals surface area contributed by atoms with Crippen molar-refractivity contribution in [3.63, 3.8) is 0 Å². The molecule has 0 aliphatic carbocycles. The summed E-state index contributed by atoms with van der Waals surface area (Å²) in [5, 5.41) is 5.92. The molecule has 0 saturated heterocycles. The molecule has 1 amide bonds. The van der Waals surface area contributed by atoms with Gasteiger partial charge in [-0.15, -0.1) is 12.3 Å². The van der Waals surface area contributed by atoms with E-state index in [-0.39, 0.29) is 18.5 Å². The highest BCUT2D eigenvalue weighted by Crippen LogP contribution is 2.12. The zero-order valence-electron chi connectivity index (χ0n) is 10.3. The van der Waals surface area contributed by atoms with Gasteiger partial charge in [0.15, 0.2) is 0 Å². The molecule has 1 atom stereocenters. The minimum absolute atomic E-state index is 0.0526. The molecule has 0 radical (unpaired) electrons. The smallest absolute Gasteiger partial charge is 0.238 e. The van der Waals surface area contributed by atoms with Gasteiger partial charge < -0.3 is 10.6 Å². The number of hydrogen-bond acceptors (Lipinski definition) is 2. The van der Waals surface area contributed by atoms with Crippen molar-refractivity contribution in [1.29, 1.82) is 0 Å². The lowest BCUT2D eigenvalue weighted by Crippen LogP contribution is -2.34. The van der Waals surface area contributed by atoms with Crippen LogP contribution >= 0.6 is 0 Å². The van der Waals surface area contributed by atoms with Crippen molar-refractivity contribution in [2.75, 3.05) is 11.9 Å². The van der Waals surface area contributed by atoms with E-state index in [9.17, 15) is 4.79 Å². The molecule has 90 valence electrons. The van der Waals surface area contributed by atoms with Crippen LogP contribution < -0.4 is 10.6 Å². The zero-order chi connectivity index (χ0) is 12.7. The predicted molar refractivity (Wildman–Crippen MR) is 70.7 cm³/mol. The largest absolute Gasteiger partial charge is 0.325 e. The van der Waals surface area contributed by atoms with Crippen LogP contribution in [0, 0.1) is 19.3 Å². The average Bonchev–Trinajstić information content (AvgIpc) is 2.30. The Labute approximate surface area is 103 Å². The van der Waals surface area contributed by atoms with Gasteiger partial charge in [-0.1, -0.05) is 18.2 Å². The highest BCUT2D eigenvalue weighted by Gasteiger charge is 2.05. The Balaban J connectivity index is 2.41. The van der Waals surface area contributed by atoms with Crippen molar-refractivity contribution in [2.45, 2.75) is 26.3 Å². The summed E-state index contributed by atoms with van der Waals surface area (Å²) in [6.45, 7) is 4.20. The summed E-state index contributed by atoms with van der Waals surface area (Å²) in [6.07, 6.45) is 5.81. The SMILES string of the molecule is C#CCC(C)NCC(=O)Nc1ccccc1C. The number of rotatable bonds is 5. The number of hydrogen-bond donors (Lipinski definition) is 2. The van der Waals surface area contributed by atoms with E-state index < -0.39 is 0 Å². The number of aryl methyl sites for hydroxylation is 1. The van der Waals surface area contributed by atoms with Gasteiger partial charge in [0, 0.05) is 18.2 Å². The number of anilines is 1. The third-order valence-corrected chi connectivity index (χ3v) is 2.45. The number of terminal acetylenes is 1. The van der Waals surface area contributed by atoms with Crippen molar-refractivity contribution < 1.29 is 4.79 Å². The lowest BCUT2D eigenvalue weighted by atomic mass is 10.2. The molecular formula is C14H18N2O. The fourth-order valence-corrected chi connectivity index (χ4v) is 1.42. The molecule has 3 nitrogen and oxygen atoms in total. The quantitative estimate of drug-likeness (QED) is 0.759. The minimum atomic E-state index is -0.0526. The van der Waals surface area contributed by atoms with Crippen LogP contribution in [-0.4, -0.2) is 18.5 Å². The first-order valence-corrected chi connectivity index (χ1v) is 5.66. The molecule has 0 bridgehead atoms. The highest BCUT2D eigenvalue weighted by atomic mass is 16.1. The first-order valence-electron chi connectivity index (χ1n) is 5.66. The Morgan fingerprint density at radius 3 is 2.82 bits per heavy atom. The molecule has 1 rings (SSSR count). The summed E-state index contributed by atoms with van der Waals surface area (Å²) >= 11 is 0. The maximum Gasteiger partial charge on any atom is 0.238 e. The molecule has 0 saturated carbocycles. The molecule has 0 aromatic heterocycles. The van der Waals surface area contributed by atoms with Crippen LogP contribution in [0.25, 0.3) is 0 Å². The van der Waals surface area contributed by atoms with E-state index >= 15 is 0 Å². The van der Waals surface area contributed by atoms with Crippen LogP contribution in [0.5, 0.6) is 0 Å². The molecule has 1 unspecified atom stereocenters. The topological polar surface area (TPSA) is 41.1 Å². The van der Waals surface area contributed by atoms with Gasteiger partial charge in [-0.05, 0) is 25.5 Å².